The third-order valence-electron chi connectivity index (χ3n) is 6.26. The molecule has 4 rings (SSSR count). The van der Waals surface area contributed by atoms with E-state index in [-0.39, 0.29) is 16.9 Å². The van der Waals surface area contributed by atoms with Gasteiger partial charge in [-0.25, -0.2) is 13.4 Å². The summed E-state index contributed by atoms with van der Waals surface area (Å²) in [4.78, 5) is 20.4. The van der Waals surface area contributed by atoms with Crippen molar-refractivity contribution in [3.8, 4) is 0 Å². The lowest BCUT2D eigenvalue weighted by Crippen LogP contribution is -2.37. The second kappa shape index (κ2) is 10.1. The number of carbonyl (C=O) groups is 1. The number of hydrogen-bond acceptors (Lipinski definition) is 6. The Hall–Kier alpha value is -2.33. The highest BCUT2D eigenvalue weighted by Gasteiger charge is 2.28. The lowest BCUT2D eigenvalue weighted by Gasteiger charge is -2.23. The van der Waals surface area contributed by atoms with Crippen LogP contribution in [0.3, 0.4) is 0 Å². The van der Waals surface area contributed by atoms with E-state index in [4.69, 9.17) is 9.72 Å². The third-order valence-corrected chi connectivity index (χ3v) is 9.54. The zero-order valence-electron chi connectivity index (χ0n) is 20.1. The van der Waals surface area contributed by atoms with E-state index in [1.807, 2.05) is 33.8 Å². The molecule has 1 unspecified atom stereocenters. The van der Waals surface area contributed by atoms with Crippen molar-refractivity contribution in [2.45, 2.75) is 51.5 Å². The molecular weight excluding hydrogens is 470 g/mol. The van der Waals surface area contributed by atoms with Gasteiger partial charge in [-0.05, 0) is 62.1 Å². The average Bonchev–Trinajstić information content (AvgIpc) is 3.51. The molecule has 34 heavy (non-hydrogen) atoms. The van der Waals surface area contributed by atoms with Crippen molar-refractivity contribution in [2.75, 3.05) is 31.1 Å². The number of aromatic nitrogens is 1. The predicted molar refractivity (Wildman–Crippen MR) is 136 cm³/mol. The van der Waals surface area contributed by atoms with Crippen molar-refractivity contribution in [1.82, 2.24) is 9.29 Å². The smallest absolute Gasteiger partial charge is 0.260 e. The number of hydrogen-bond donors (Lipinski definition) is 0. The molecule has 1 aromatic heterocycles. The van der Waals surface area contributed by atoms with Gasteiger partial charge >= 0.3 is 0 Å². The Kier molecular flexibility index (Phi) is 7.37. The summed E-state index contributed by atoms with van der Waals surface area (Å²) in [6.07, 6.45) is 1.83. The second-order valence-electron chi connectivity index (χ2n) is 8.54. The standard InChI is InChI=1S/C25H31N3O4S2/c1-5-27(6-2)34(30,31)21-13-11-19(12-14-21)24(29)28(16-20-8-7-15-32-20)25-26-22-17(3)9-10-18(4)23(22)33-25/h9-14,20H,5-8,15-16H2,1-4H3. The maximum Gasteiger partial charge on any atom is 0.260 e. The van der Waals surface area contributed by atoms with Crippen LogP contribution in [0.2, 0.25) is 0 Å². The number of rotatable bonds is 8. The van der Waals surface area contributed by atoms with Crippen molar-refractivity contribution >= 4 is 42.6 Å². The Bertz CT molecular complexity index is 1240. The van der Waals surface area contributed by atoms with Gasteiger partial charge in [0.15, 0.2) is 5.13 Å². The van der Waals surface area contributed by atoms with Crippen LogP contribution in [0.25, 0.3) is 10.2 Å². The molecule has 0 radical (unpaired) electrons. The van der Waals surface area contributed by atoms with Gasteiger partial charge in [0, 0.05) is 25.3 Å². The van der Waals surface area contributed by atoms with E-state index in [0.29, 0.717) is 36.9 Å². The number of aryl methyl sites for hydroxylation is 2. The molecule has 7 nitrogen and oxygen atoms in total. The molecule has 0 N–H and O–H groups in total. The Morgan fingerprint density at radius 1 is 1.09 bits per heavy atom. The molecule has 182 valence electrons. The quantitative estimate of drug-likeness (QED) is 0.444. The first-order valence-electron chi connectivity index (χ1n) is 11.7. The van der Waals surface area contributed by atoms with Gasteiger partial charge in [0.05, 0.1) is 27.8 Å². The second-order valence-corrected chi connectivity index (χ2v) is 11.5. The van der Waals surface area contributed by atoms with Gasteiger partial charge in [-0.2, -0.15) is 4.31 Å². The molecule has 1 saturated heterocycles. The largest absolute Gasteiger partial charge is 0.376 e. The van der Waals surface area contributed by atoms with Crippen molar-refractivity contribution in [3.05, 3.63) is 53.1 Å². The zero-order chi connectivity index (χ0) is 24.5. The minimum Gasteiger partial charge on any atom is -0.376 e. The first-order chi connectivity index (χ1) is 16.3. The minimum atomic E-state index is -3.58. The number of fused-ring (bicyclic) bond motifs is 1. The van der Waals surface area contributed by atoms with Gasteiger partial charge in [0.1, 0.15) is 0 Å². The van der Waals surface area contributed by atoms with E-state index in [1.54, 1.807) is 17.0 Å². The van der Waals surface area contributed by atoms with Crippen LogP contribution in [0.1, 0.15) is 48.2 Å². The summed E-state index contributed by atoms with van der Waals surface area (Å²) in [6, 6.07) is 10.3. The number of thiazole rings is 1. The summed E-state index contributed by atoms with van der Waals surface area (Å²) in [5, 5.41) is 0.632. The fourth-order valence-corrected chi connectivity index (χ4v) is 6.82. The molecule has 1 aliphatic rings. The third kappa shape index (κ3) is 4.75. The van der Waals surface area contributed by atoms with Crippen molar-refractivity contribution < 1.29 is 17.9 Å². The molecule has 1 aliphatic heterocycles. The number of anilines is 1. The normalized spacial score (nSPS) is 16.4. The number of nitrogens with zero attached hydrogens (tertiary/aromatic N) is 3. The molecular formula is C25H31N3O4S2. The number of benzene rings is 2. The fraction of sp³-hybridized carbons (Fsp3) is 0.440. The Morgan fingerprint density at radius 3 is 2.35 bits per heavy atom. The summed E-state index contributed by atoms with van der Waals surface area (Å²) in [6.45, 7) is 9.58. The number of carbonyl (C=O) groups excluding carboxylic acids is 1. The molecule has 9 heteroatoms. The molecule has 1 amide bonds. The Labute approximate surface area is 205 Å². The minimum absolute atomic E-state index is 0.0412. The van der Waals surface area contributed by atoms with E-state index in [2.05, 4.69) is 6.07 Å². The molecule has 2 aromatic carbocycles. The van der Waals surface area contributed by atoms with Crippen LogP contribution in [-0.2, 0) is 14.8 Å². The number of amides is 1. The molecule has 0 aliphatic carbocycles. The first kappa shape index (κ1) is 24.8. The van der Waals surface area contributed by atoms with Crippen LogP contribution >= 0.6 is 11.3 Å². The van der Waals surface area contributed by atoms with Crippen molar-refractivity contribution in [1.29, 1.82) is 0 Å². The van der Waals surface area contributed by atoms with Gasteiger partial charge in [0.25, 0.3) is 5.91 Å². The average molecular weight is 502 g/mol. The van der Waals surface area contributed by atoms with Crippen LogP contribution in [0.15, 0.2) is 41.3 Å². The highest BCUT2D eigenvalue weighted by molar-refractivity contribution is 7.89. The van der Waals surface area contributed by atoms with Crippen LogP contribution in [0.5, 0.6) is 0 Å². The lowest BCUT2D eigenvalue weighted by atomic mass is 10.1. The van der Waals surface area contributed by atoms with Gasteiger partial charge in [-0.3, -0.25) is 9.69 Å². The topological polar surface area (TPSA) is 79.8 Å². The molecule has 0 bridgehead atoms. The van der Waals surface area contributed by atoms with Crippen molar-refractivity contribution in [2.24, 2.45) is 0 Å². The maximum atomic E-state index is 13.7. The van der Waals surface area contributed by atoms with Gasteiger partial charge in [-0.15, -0.1) is 0 Å². The van der Waals surface area contributed by atoms with E-state index in [0.717, 1.165) is 34.2 Å². The monoisotopic (exact) mass is 501 g/mol. The number of sulfonamides is 1. The Balaban J connectivity index is 1.69. The molecule has 1 fully saturated rings. The molecule has 0 saturated carbocycles. The SMILES string of the molecule is CCN(CC)S(=O)(=O)c1ccc(C(=O)N(CC2CCCO2)c2nc3c(C)ccc(C)c3s2)cc1. The van der Waals surface area contributed by atoms with Crippen LogP contribution in [0, 0.1) is 13.8 Å². The number of ether oxygens (including phenoxy) is 1. The van der Waals surface area contributed by atoms with Crippen LogP contribution < -0.4 is 4.90 Å². The van der Waals surface area contributed by atoms with Crippen molar-refractivity contribution in [3.63, 3.8) is 0 Å². The van der Waals surface area contributed by atoms with E-state index in [9.17, 15) is 13.2 Å². The van der Waals surface area contributed by atoms with E-state index < -0.39 is 10.0 Å². The fourth-order valence-electron chi connectivity index (χ4n) is 4.24. The predicted octanol–water partition coefficient (Wildman–Crippen LogP) is 4.77. The highest BCUT2D eigenvalue weighted by Crippen LogP contribution is 2.34. The summed E-state index contributed by atoms with van der Waals surface area (Å²) < 4.78 is 34.0. The molecule has 0 spiro atoms. The van der Waals surface area contributed by atoms with Gasteiger partial charge in [0.2, 0.25) is 10.0 Å². The highest BCUT2D eigenvalue weighted by atomic mass is 32.2. The Morgan fingerprint density at radius 2 is 1.76 bits per heavy atom. The summed E-state index contributed by atoms with van der Waals surface area (Å²) in [5.74, 6) is -0.211. The van der Waals surface area contributed by atoms with E-state index >= 15 is 0 Å². The maximum absolute atomic E-state index is 13.7. The first-order valence-corrected chi connectivity index (χ1v) is 13.9. The molecule has 1 atom stereocenters. The molecule has 3 aromatic rings. The van der Waals surface area contributed by atoms with Gasteiger partial charge in [-0.1, -0.05) is 37.3 Å². The summed E-state index contributed by atoms with van der Waals surface area (Å²) in [7, 11) is -3.58. The van der Waals surface area contributed by atoms with Gasteiger partial charge < -0.3 is 4.74 Å². The summed E-state index contributed by atoms with van der Waals surface area (Å²) >= 11 is 1.51. The summed E-state index contributed by atoms with van der Waals surface area (Å²) in [5.41, 5.74) is 3.52. The van der Waals surface area contributed by atoms with Crippen LogP contribution in [0.4, 0.5) is 5.13 Å². The molecule has 2 heterocycles. The van der Waals surface area contributed by atoms with Crippen LogP contribution in [-0.4, -0.2) is 56.0 Å². The lowest BCUT2D eigenvalue weighted by molar-refractivity contribution is 0.0917. The van der Waals surface area contributed by atoms with E-state index in [1.165, 1.54) is 27.8 Å². The zero-order valence-corrected chi connectivity index (χ0v) is 21.7.